The van der Waals surface area contributed by atoms with Crippen LogP contribution in [0.1, 0.15) is 46.0 Å². The molecule has 4 aliphatic rings. The summed E-state index contributed by atoms with van der Waals surface area (Å²) in [6.07, 6.45) is 5.25. The lowest BCUT2D eigenvalue weighted by Gasteiger charge is -2.45. The first-order valence-corrected chi connectivity index (χ1v) is 15.9. The molecule has 14 atom stereocenters. The lowest BCUT2D eigenvalue weighted by atomic mass is 9.83. The van der Waals surface area contributed by atoms with E-state index in [2.05, 4.69) is 0 Å². The number of aliphatic carboxylic acids is 1. The van der Waals surface area contributed by atoms with Gasteiger partial charge in [-0.2, -0.15) is 0 Å². The number of carbonyl (C=O) groups excluding carboxylic acids is 1. The second kappa shape index (κ2) is 16.6. The Balaban J connectivity index is 1.58. The smallest absolute Gasteiger partial charge is 0.330 e. The van der Waals surface area contributed by atoms with E-state index in [0.717, 1.165) is 0 Å². The van der Waals surface area contributed by atoms with Crippen molar-refractivity contribution in [2.24, 2.45) is 11.7 Å². The highest BCUT2D eigenvalue weighted by Crippen LogP contribution is 2.39. The molecule has 4 aliphatic heterocycles. The van der Waals surface area contributed by atoms with Crippen molar-refractivity contribution in [3.8, 4) is 0 Å². The van der Waals surface area contributed by atoms with Gasteiger partial charge in [-0.05, 0) is 19.9 Å². The molecule has 47 heavy (non-hydrogen) atoms. The quantitative estimate of drug-likeness (QED) is 0.157. The second-order valence-electron chi connectivity index (χ2n) is 12.6. The molecule has 0 saturated carbocycles. The van der Waals surface area contributed by atoms with Crippen LogP contribution in [-0.2, 0) is 33.3 Å². The van der Waals surface area contributed by atoms with Crippen molar-refractivity contribution in [1.82, 2.24) is 0 Å². The first-order valence-electron chi connectivity index (χ1n) is 15.9. The van der Waals surface area contributed by atoms with E-state index >= 15 is 0 Å². The minimum atomic E-state index is -2.10. The van der Waals surface area contributed by atoms with Gasteiger partial charge in [0.15, 0.2) is 12.1 Å². The van der Waals surface area contributed by atoms with Crippen LogP contribution in [0.5, 0.6) is 0 Å². The van der Waals surface area contributed by atoms with E-state index in [0.29, 0.717) is 6.42 Å². The van der Waals surface area contributed by atoms with Gasteiger partial charge < -0.3 is 60.1 Å². The second-order valence-corrected chi connectivity index (χ2v) is 12.6. The monoisotopic (exact) mass is 665 g/mol. The molecule has 0 spiro atoms. The van der Waals surface area contributed by atoms with E-state index in [4.69, 9.17) is 29.4 Å². The summed E-state index contributed by atoms with van der Waals surface area (Å²) in [5.41, 5.74) is 5.98. The average molecular weight is 666 g/mol. The molecular weight excluding hydrogens is 618 g/mol. The predicted octanol–water partition coefficient (Wildman–Crippen LogP) is 0.120. The van der Waals surface area contributed by atoms with Crippen molar-refractivity contribution >= 4 is 11.9 Å². The zero-order valence-corrected chi connectivity index (χ0v) is 26.4. The molecule has 14 nitrogen and oxygen atoms in total. The molecule has 3 fully saturated rings. The molecule has 262 valence electrons. The minimum Gasteiger partial charge on any atom is -0.481 e. The number of hydrogen-bond donors (Lipinski definition) is 7. The highest BCUT2D eigenvalue weighted by atomic mass is 16.7. The Labute approximate surface area is 273 Å². The maximum absolute atomic E-state index is 12.3. The third-order valence-corrected chi connectivity index (χ3v) is 8.58. The number of fused-ring (bicyclic) bond motifs is 3. The number of carboxylic acid groups (broad SMARTS) is 1. The van der Waals surface area contributed by atoms with Crippen LogP contribution in [0.3, 0.4) is 0 Å². The van der Waals surface area contributed by atoms with Gasteiger partial charge in [0.2, 0.25) is 0 Å². The van der Waals surface area contributed by atoms with Crippen LogP contribution >= 0.6 is 0 Å². The fourth-order valence-electron chi connectivity index (χ4n) is 6.00. The van der Waals surface area contributed by atoms with Crippen molar-refractivity contribution in [2.45, 2.75) is 125 Å². The van der Waals surface area contributed by atoms with Crippen LogP contribution in [0.4, 0.5) is 0 Å². The number of rotatable bonds is 3. The molecule has 0 aromatic heterocycles. The van der Waals surface area contributed by atoms with Crippen molar-refractivity contribution in [3.05, 3.63) is 60.8 Å². The number of aliphatic hydroxyl groups is 5. The minimum absolute atomic E-state index is 0.0789. The Morgan fingerprint density at radius 1 is 0.936 bits per heavy atom. The van der Waals surface area contributed by atoms with Crippen LogP contribution in [0, 0.1) is 5.92 Å². The molecule has 0 aromatic carbocycles. The Morgan fingerprint density at radius 2 is 1.64 bits per heavy atom. The third-order valence-electron chi connectivity index (χ3n) is 8.58. The Bertz CT molecular complexity index is 1220. The zero-order valence-electron chi connectivity index (χ0n) is 26.4. The van der Waals surface area contributed by atoms with E-state index in [9.17, 15) is 40.2 Å². The number of carbonyl (C=O) groups is 2. The standard InChI is InChI=1S/C33H47NO13/c1-18-10-8-6-4-3-5-7-9-11-21(45-32-30(39)28(34)29(38)19(2)44-32)15-25-27(31(40)41)22(36)17-33(42,47-25)16-20(35)14-24-23(46-24)12-13-26(37)43-18/h3-9,11-13,18-25,27-30,32,35-36,38-39,42H,10,14-17,34H2,1-2H3,(H,40,41)/b4-3+,7-5+,8-6+,11-9+,13-12+/t18-,19-,20+,21+,22+,23-,24-,25+,27-,28+,29-,30-,32+,33-/m1/s1. The number of cyclic esters (lactones) is 1. The molecule has 8 N–H and O–H groups in total. The summed E-state index contributed by atoms with van der Waals surface area (Å²) >= 11 is 0. The van der Waals surface area contributed by atoms with Crippen molar-refractivity contribution in [1.29, 1.82) is 0 Å². The number of epoxide rings is 1. The van der Waals surface area contributed by atoms with Gasteiger partial charge in [0.1, 0.15) is 24.2 Å². The summed E-state index contributed by atoms with van der Waals surface area (Å²) in [6.45, 7) is 3.34. The zero-order chi connectivity index (χ0) is 34.3. The summed E-state index contributed by atoms with van der Waals surface area (Å²) in [5.74, 6) is -5.45. The molecule has 0 radical (unpaired) electrons. The number of carboxylic acids is 1. The molecule has 2 bridgehead atoms. The number of hydrogen-bond acceptors (Lipinski definition) is 13. The van der Waals surface area contributed by atoms with E-state index in [1.807, 2.05) is 6.08 Å². The fraction of sp³-hybridized carbons (Fsp3) is 0.636. The topological polar surface area (TPSA) is 231 Å². The summed E-state index contributed by atoms with van der Waals surface area (Å²) < 4.78 is 28.5. The highest BCUT2D eigenvalue weighted by Gasteiger charge is 2.51. The van der Waals surface area contributed by atoms with Crippen molar-refractivity contribution in [3.63, 3.8) is 0 Å². The average Bonchev–Trinajstić information content (AvgIpc) is 3.72. The molecule has 3 saturated heterocycles. The summed E-state index contributed by atoms with van der Waals surface area (Å²) in [4.78, 5) is 24.4. The van der Waals surface area contributed by atoms with Gasteiger partial charge in [-0.3, -0.25) is 4.79 Å². The third kappa shape index (κ3) is 10.6. The molecule has 14 heteroatoms. The first kappa shape index (κ1) is 37.1. The summed E-state index contributed by atoms with van der Waals surface area (Å²) in [5, 5.41) is 63.9. The number of nitrogens with two attached hydrogens (primary N) is 1. The van der Waals surface area contributed by atoms with E-state index < -0.39 is 97.3 Å². The number of esters is 1. The van der Waals surface area contributed by atoms with Gasteiger partial charge in [-0.1, -0.05) is 48.6 Å². The van der Waals surface area contributed by atoms with Gasteiger partial charge in [-0.15, -0.1) is 0 Å². The van der Waals surface area contributed by atoms with Crippen LogP contribution in [-0.4, -0.2) is 122 Å². The highest BCUT2D eigenvalue weighted by molar-refractivity contribution is 5.82. The molecule has 4 rings (SSSR count). The van der Waals surface area contributed by atoms with Gasteiger partial charge in [0, 0.05) is 38.2 Å². The van der Waals surface area contributed by atoms with Gasteiger partial charge in [0.25, 0.3) is 0 Å². The Kier molecular flexibility index (Phi) is 13.1. The SMILES string of the molecule is C[C@@H]1C/C=C/C=C/C=C/C=C/[C@H](O[C@@H]2O[C@H](C)[C@@H](O)[C@H](N)[C@H]2O)C[C@@H]2O[C@](O)(C[C@@H](O)C[C@H]3O[C@@H]3/C=C/C(=O)O1)C[C@H](O)[C@H]2C(=O)O. The molecule has 0 aliphatic carbocycles. The number of aliphatic hydroxyl groups excluding tert-OH is 4. The first-order chi connectivity index (χ1) is 22.3. The molecule has 0 aromatic rings. The summed E-state index contributed by atoms with van der Waals surface area (Å²) in [6, 6.07) is -1.08. The molecule has 0 unspecified atom stereocenters. The Hall–Kier alpha value is -2.76. The maximum Gasteiger partial charge on any atom is 0.330 e. The molecule has 4 heterocycles. The van der Waals surface area contributed by atoms with E-state index in [1.54, 1.807) is 56.4 Å². The fourth-order valence-corrected chi connectivity index (χ4v) is 6.00. The van der Waals surface area contributed by atoms with Crippen molar-refractivity contribution < 1.29 is 63.9 Å². The summed E-state index contributed by atoms with van der Waals surface area (Å²) in [7, 11) is 0. The normalized spacial score (nSPS) is 47.2. The largest absolute Gasteiger partial charge is 0.481 e. The predicted molar refractivity (Wildman–Crippen MR) is 165 cm³/mol. The van der Waals surface area contributed by atoms with Crippen molar-refractivity contribution in [2.75, 3.05) is 0 Å². The van der Waals surface area contributed by atoms with Crippen LogP contribution < -0.4 is 5.73 Å². The van der Waals surface area contributed by atoms with Crippen LogP contribution in [0.15, 0.2) is 60.8 Å². The van der Waals surface area contributed by atoms with Gasteiger partial charge in [-0.25, -0.2) is 4.79 Å². The Morgan fingerprint density at radius 3 is 2.36 bits per heavy atom. The number of ether oxygens (including phenoxy) is 5. The van der Waals surface area contributed by atoms with E-state index in [-0.39, 0.29) is 25.4 Å². The number of allylic oxidation sites excluding steroid dienone is 6. The van der Waals surface area contributed by atoms with Gasteiger partial charge in [0.05, 0.1) is 48.8 Å². The van der Waals surface area contributed by atoms with Crippen LogP contribution in [0.2, 0.25) is 0 Å². The lowest BCUT2D eigenvalue weighted by Crippen LogP contribution is -2.61. The molecule has 0 amide bonds. The van der Waals surface area contributed by atoms with Gasteiger partial charge >= 0.3 is 11.9 Å². The van der Waals surface area contributed by atoms with Crippen LogP contribution in [0.25, 0.3) is 0 Å². The lowest BCUT2D eigenvalue weighted by molar-refractivity contribution is -0.308. The van der Waals surface area contributed by atoms with E-state index in [1.165, 1.54) is 12.2 Å². The maximum atomic E-state index is 12.3. The molecular formula is C33H47NO13.